The van der Waals surface area contributed by atoms with Gasteiger partial charge < -0.3 is 10.3 Å². The number of hydrogen-bond acceptors (Lipinski definition) is 2. The van der Waals surface area contributed by atoms with Crippen molar-refractivity contribution in [1.82, 2.24) is 9.55 Å². The van der Waals surface area contributed by atoms with Gasteiger partial charge in [-0.2, -0.15) is 0 Å². The van der Waals surface area contributed by atoms with Crippen LogP contribution in [0.5, 0.6) is 0 Å². The van der Waals surface area contributed by atoms with E-state index < -0.39 is 0 Å². The molecule has 2 heterocycles. The van der Waals surface area contributed by atoms with Gasteiger partial charge in [0, 0.05) is 18.4 Å². The van der Waals surface area contributed by atoms with Gasteiger partial charge in [-0.25, -0.2) is 4.98 Å². The molecule has 2 unspecified atom stereocenters. The van der Waals surface area contributed by atoms with Crippen LogP contribution in [0.25, 0.3) is 0 Å². The molecule has 72 valence electrons. The summed E-state index contributed by atoms with van der Waals surface area (Å²) in [7, 11) is 0. The monoisotopic (exact) mass is 179 g/mol. The van der Waals surface area contributed by atoms with Crippen LogP contribution in [-0.2, 0) is 13.0 Å². The van der Waals surface area contributed by atoms with Crippen molar-refractivity contribution >= 4 is 0 Å². The van der Waals surface area contributed by atoms with E-state index in [0.29, 0.717) is 0 Å². The topological polar surface area (TPSA) is 43.8 Å². The van der Waals surface area contributed by atoms with Gasteiger partial charge >= 0.3 is 0 Å². The molecule has 0 radical (unpaired) electrons. The molecular formula is C10H17N3. The van der Waals surface area contributed by atoms with Crippen molar-refractivity contribution in [2.75, 3.05) is 0 Å². The third-order valence-electron chi connectivity index (χ3n) is 2.76. The zero-order valence-electron chi connectivity index (χ0n) is 8.33. The Bertz CT molecular complexity index is 301. The van der Waals surface area contributed by atoms with Gasteiger partial charge in [0.05, 0.1) is 6.04 Å². The second-order valence-corrected chi connectivity index (χ2v) is 4.15. The number of fused-ring (bicyclic) bond motifs is 1. The summed E-state index contributed by atoms with van der Waals surface area (Å²) in [6, 6.07) is 0.0547. The summed E-state index contributed by atoms with van der Waals surface area (Å²) in [6.45, 7) is 5.37. The van der Waals surface area contributed by atoms with Crippen molar-refractivity contribution in [2.24, 2.45) is 11.7 Å². The Labute approximate surface area is 79.0 Å². The van der Waals surface area contributed by atoms with E-state index in [1.165, 1.54) is 12.1 Å². The lowest BCUT2D eigenvalue weighted by Crippen LogP contribution is -2.22. The zero-order chi connectivity index (χ0) is 9.42. The van der Waals surface area contributed by atoms with Gasteiger partial charge in [0.1, 0.15) is 5.82 Å². The van der Waals surface area contributed by atoms with E-state index in [2.05, 4.69) is 16.5 Å². The molecule has 3 nitrogen and oxygen atoms in total. The molecule has 2 rings (SSSR count). The lowest BCUT2D eigenvalue weighted by molar-refractivity contribution is 0.386. The average Bonchev–Trinajstić information content (AvgIpc) is 2.46. The predicted octanol–water partition coefficient (Wildman–Crippen LogP) is 1.49. The maximum atomic E-state index is 5.84. The molecule has 0 aliphatic carbocycles. The summed E-state index contributed by atoms with van der Waals surface area (Å²) >= 11 is 0. The van der Waals surface area contributed by atoms with Crippen LogP contribution in [0.3, 0.4) is 0 Å². The molecule has 2 N–H and O–H groups in total. The summed E-state index contributed by atoms with van der Waals surface area (Å²) in [6.07, 6.45) is 4.41. The molecule has 1 aromatic heterocycles. The predicted molar refractivity (Wildman–Crippen MR) is 52.3 cm³/mol. The van der Waals surface area contributed by atoms with Gasteiger partial charge in [0.15, 0.2) is 0 Å². The van der Waals surface area contributed by atoms with Crippen LogP contribution in [0.15, 0.2) is 6.20 Å². The van der Waals surface area contributed by atoms with Crippen LogP contribution < -0.4 is 5.73 Å². The molecule has 2 atom stereocenters. The molecule has 0 aromatic carbocycles. The Morgan fingerprint density at radius 3 is 3.15 bits per heavy atom. The number of aromatic nitrogens is 2. The van der Waals surface area contributed by atoms with E-state index in [1.54, 1.807) is 0 Å². The Balaban J connectivity index is 2.35. The Hall–Kier alpha value is -0.830. The van der Waals surface area contributed by atoms with Crippen LogP contribution in [0, 0.1) is 5.92 Å². The lowest BCUT2D eigenvalue weighted by atomic mass is 10.0. The summed E-state index contributed by atoms with van der Waals surface area (Å²) in [5, 5.41) is 0. The lowest BCUT2D eigenvalue weighted by Gasteiger charge is -2.23. The molecule has 1 aliphatic heterocycles. The van der Waals surface area contributed by atoms with Gasteiger partial charge in [-0.1, -0.05) is 6.92 Å². The average molecular weight is 179 g/mol. The van der Waals surface area contributed by atoms with Gasteiger partial charge in [-0.3, -0.25) is 0 Å². The largest absolute Gasteiger partial charge is 0.330 e. The third-order valence-corrected chi connectivity index (χ3v) is 2.76. The molecule has 13 heavy (non-hydrogen) atoms. The van der Waals surface area contributed by atoms with Crippen molar-refractivity contribution < 1.29 is 0 Å². The highest BCUT2D eigenvalue weighted by Gasteiger charge is 2.19. The standard InChI is InChI=1S/C10H17N3/c1-7-3-4-9-5-12-10(8(2)11)13(9)6-7/h5,7-8H,3-4,6,11H2,1-2H3. The van der Waals surface area contributed by atoms with Crippen LogP contribution >= 0.6 is 0 Å². The first-order valence-corrected chi connectivity index (χ1v) is 4.98. The molecular weight excluding hydrogens is 162 g/mol. The second kappa shape index (κ2) is 3.14. The highest BCUT2D eigenvalue weighted by atomic mass is 15.1. The summed E-state index contributed by atoms with van der Waals surface area (Å²) < 4.78 is 2.29. The fraction of sp³-hybridized carbons (Fsp3) is 0.700. The van der Waals surface area contributed by atoms with Crippen LogP contribution in [-0.4, -0.2) is 9.55 Å². The normalized spacial score (nSPS) is 24.1. The molecule has 0 fully saturated rings. The minimum absolute atomic E-state index is 0.0547. The van der Waals surface area contributed by atoms with Crippen LogP contribution in [0.4, 0.5) is 0 Å². The molecule has 3 heteroatoms. The maximum absolute atomic E-state index is 5.84. The summed E-state index contributed by atoms with van der Waals surface area (Å²) in [4.78, 5) is 4.37. The van der Waals surface area contributed by atoms with Crippen molar-refractivity contribution in [3.8, 4) is 0 Å². The number of nitrogens with two attached hydrogens (primary N) is 1. The van der Waals surface area contributed by atoms with E-state index >= 15 is 0 Å². The minimum Gasteiger partial charge on any atom is -0.330 e. The van der Waals surface area contributed by atoms with Crippen molar-refractivity contribution in [2.45, 2.75) is 39.3 Å². The molecule has 0 saturated heterocycles. The fourth-order valence-electron chi connectivity index (χ4n) is 2.00. The molecule has 0 saturated carbocycles. The van der Waals surface area contributed by atoms with E-state index in [9.17, 15) is 0 Å². The van der Waals surface area contributed by atoms with E-state index in [4.69, 9.17) is 5.73 Å². The van der Waals surface area contributed by atoms with Gasteiger partial charge in [-0.15, -0.1) is 0 Å². The summed E-state index contributed by atoms with van der Waals surface area (Å²) in [5.74, 6) is 1.81. The number of aryl methyl sites for hydroxylation is 1. The SMILES string of the molecule is CC1CCc2cnc(C(C)N)n2C1. The van der Waals surface area contributed by atoms with Crippen molar-refractivity contribution in [3.63, 3.8) is 0 Å². The zero-order valence-corrected chi connectivity index (χ0v) is 8.33. The van der Waals surface area contributed by atoms with Gasteiger partial charge in [-0.05, 0) is 25.7 Å². The highest BCUT2D eigenvalue weighted by molar-refractivity contribution is 5.10. The first-order chi connectivity index (χ1) is 6.18. The van der Waals surface area contributed by atoms with Gasteiger partial charge in [0.2, 0.25) is 0 Å². The van der Waals surface area contributed by atoms with Crippen LogP contribution in [0.2, 0.25) is 0 Å². The number of nitrogens with zero attached hydrogens (tertiary/aromatic N) is 2. The fourth-order valence-corrected chi connectivity index (χ4v) is 2.00. The minimum atomic E-state index is 0.0547. The van der Waals surface area contributed by atoms with Crippen molar-refractivity contribution in [1.29, 1.82) is 0 Å². The molecule has 0 amide bonds. The van der Waals surface area contributed by atoms with E-state index in [1.807, 2.05) is 13.1 Å². The quantitative estimate of drug-likeness (QED) is 0.709. The Morgan fingerprint density at radius 1 is 1.69 bits per heavy atom. The van der Waals surface area contributed by atoms with Crippen molar-refractivity contribution in [3.05, 3.63) is 17.7 Å². The van der Waals surface area contributed by atoms with Crippen LogP contribution in [0.1, 0.15) is 37.8 Å². The number of imidazole rings is 1. The maximum Gasteiger partial charge on any atom is 0.125 e. The Morgan fingerprint density at radius 2 is 2.46 bits per heavy atom. The molecule has 0 bridgehead atoms. The summed E-state index contributed by atoms with van der Waals surface area (Å²) in [5.41, 5.74) is 7.20. The second-order valence-electron chi connectivity index (χ2n) is 4.15. The smallest absolute Gasteiger partial charge is 0.125 e. The molecule has 1 aromatic rings. The number of hydrogen-bond donors (Lipinski definition) is 1. The number of rotatable bonds is 1. The van der Waals surface area contributed by atoms with E-state index in [-0.39, 0.29) is 6.04 Å². The third kappa shape index (κ3) is 1.48. The first kappa shape index (κ1) is 8.75. The van der Waals surface area contributed by atoms with Gasteiger partial charge in [0.25, 0.3) is 0 Å². The van der Waals surface area contributed by atoms with E-state index in [0.717, 1.165) is 24.7 Å². The molecule has 0 spiro atoms. The highest BCUT2D eigenvalue weighted by Crippen LogP contribution is 2.22. The first-order valence-electron chi connectivity index (χ1n) is 4.98. The Kier molecular flexibility index (Phi) is 2.12. The molecule has 1 aliphatic rings.